The molecule has 0 aliphatic rings. The van der Waals surface area contributed by atoms with Crippen LogP contribution in [0.1, 0.15) is 29.7 Å². The molecule has 0 aromatic heterocycles. The van der Waals surface area contributed by atoms with E-state index in [2.05, 4.69) is 19.1 Å². The summed E-state index contributed by atoms with van der Waals surface area (Å²) in [5, 5.41) is 9.68. The molecule has 2 aromatic carbocycles. The second-order valence-electron chi connectivity index (χ2n) is 4.54. The van der Waals surface area contributed by atoms with Gasteiger partial charge in [-0.25, -0.2) is 4.39 Å². The van der Waals surface area contributed by atoms with Gasteiger partial charge < -0.3 is 5.11 Å². The third kappa shape index (κ3) is 3.37. The monoisotopic (exact) mass is 276 g/mol. The molecule has 0 amide bonds. The van der Waals surface area contributed by atoms with E-state index >= 15 is 0 Å². The molecule has 3 heteroatoms. The fourth-order valence-electron chi connectivity index (χ4n) is 1.98. The first-order valence-corrected chi connectivity index (χ1v) is 7.22. The van der Waals surface area contributed by atoms with Crippen molar-refractivity contribution in [1.82, 2.24) is 0 Å². The van der Waals surface area contributed by atoms with Gasteiger partial charge in [0.05, 0.1) is 6.10 Å². The van der Waals surface area contributed by atoms with E-state index in [1.807, 2.05) is 18.2 Å². The van der Waals surface area contributed by atoms with Crippen molar-refractivity contribution in [2.75, 3.05) is 0 Å². The van der Waals surface area contributed by atoms with Crippen LogP contribution in [0.5, 0.6) is 0 Å². The maximum Gasteiger partial charge on any atom is 0.130 e. The van der Waals surface area contributed by atoms with Gasteiger partial charge in [-0.05, 0) is 37.1 Å². The lowest BCUT2D eigenvalue weighted by molar-refractivity contribution is 0.191. The first-order chi connectivity index (χ1) is 9.09. The molecular formula is C16H17FOS. The van der Waals surface area contributed by atoms with Gasteiger partial charge in [0.2, 0.25) is 0 Å². The standard InChI is InChI=1S/C16H17FOS/c1-11-6-3-4-7-13(11)10-19-15-9-5-8-14(17)16(15)12(2)18/h3-9,12,18H,10H2,1-2H3/t12-/m0/s1. The maximum atomic E-state index is 13.7. The molecule has 2 aromatic rings. The summed E-state index contributed by atoms with van der Waals surface area (Å²) in [5.74, 6) is 0.431. The molecule has 0 radical (unpaired) electrons. The molecule has 1 N–H and O–H groups in total. The van der Waals surface area contributed by atoms with Crippen LogP contribution in [0.3, 0.4) is 0 Å². The van der Waals surface area contributed by atoms with Crippen molar-refractivity contribution < 1.29 is 9.50 Å². The van der Waals surface area contributed by atoms with Crippen LogP contribution >= 0.6 is 11.8 Å². The Morgan fingerprint density at radius 3 is 2.58 bits per heavy atom. The molecule has 19 heavy (non-hydrogen) atoms. The fourth-order valence-corrected chi connectivity index (χ4v) is 3.21. The van der Waals surface area contributed by atoms with Crippen molar-refractivity contribution in [3.8, 4) is 0 Å². The summed E-state index contributed by atoms with van der Waals surface area (Å²) in [4.78, 5) is 0.804. The number of aliphatic hydroxyl groups is 1. The number of halogens is 1. The molecule has 0 bridgehead atoms. The lowest BCUT2D eigenvalue weighted by Gasteiger charge is -2.13. The Morgan fingerprint density at radius 2 is 1.89 bits per heavy atom. The van der Waals surface area contributed by atoms with Gasteiger partial charge in [-0.3, -0.25) is 0 Å². The topological polar surface area (TPSA) is 20.2 Å². The normalized spacial score (nSPS) is 12.4. The smallest absolute Gasteiger partial charge is 0.130 e. The molecule has 0 unspecified atom stereocenters. The van der Waals surface area contributed by atoms with Gasteiger partial charge in [0.1, 0.15) is 5.82 Å². The maximum absolute atomic E-state index is 13.7. The van der Waals surface area contributed by atoms with E-state index in [-0.39, 0.29) is 5.82 Å². The van der Waals surface area contributed by atoms with Gasteiger partial charge in [0, 0.05) is 16.2 Å². The zero-order valence-electron chi connectivity index (χ0n) is 11.1. The Balaban J connectivity index is 2.21. The minimum atomic E-state index is -0.791. The second kappa shape index (κ2) is 6.22. The third-order valence-electron chi connectivity index (χ3n) is 3.08. The van der Waals surface area contributed by atoms with E-state index < -0.39 is 6.10 Å². The van der Waals surface area contributed by atoms with Gasteiger partial charge >= 0.3 is 0 Å². The SMILES string of the molecule is Cc1ccccc1CSc1cccc(F)c1[C@H](C)O. The minimum absolute atomic E-state index is 0.343. The number of thioether (sulfide) groups is 1. The molecular weight excluding hydrogens is 259 g/mol. The summed E-state index contributed by atoms with van der Waals surface area (Å²) in [7, 11) is 0. The van der Waals surface area contributed by atoms with Crippen LogP contribution in [0.15, 0.2) is 47.4 Å². The van der Waals surface area contributed by atoms with E-state index in [1.165, 1.54) is 17.2 Å². The molecule has 0 aliphatic heterocycles. The first-order valence-electron chi connectivity index (χ1n) is 6.23. The molecule has 2 rings (SSSR count). The van der Waals surface area contributed by atoms with Crippen molar-refractivity contribution in [1.29, 1.82) is 0 Å². The highest BCUT2D eigenvalue weighted by Gasteiger charge is 2.13. The molecule has 0 aliphatic carbocycles. The van der Waals surface area contributed by atoms with Crippen molar-refractivity contribution >= 4 is 11.8 Å². The van der Waals surface area contributed by atoms with Gasteiger partial charge in [-0.1, -0.05) is 30.3 Å². The summed E-state index contributed by atoms with van der Waals surface area (Å²) < 4.78 is 13.7. The Morgan fingerprint density at radius 1 is 1.16 bits per heavy atom. The zero-order valence-corrected chi connectivity index (χ0v) is 11.9. The van der Waals surface area contributed by atoms with E-state index in [0.717, 1.165) is 10.6 Å². The average molecular weight is 276 g/mol. The third-order valence-corrected chi connectivity index (χ3v) is 4.20. The van der Waals surface area contributed by atoms with Gasteiger partial charge in [-0.15, -0.1) is 11.8 Å². The Bertz CT molecular complexity index is 566. The van der Waals surface area contributed by atoms with Crippen molar-refractivity contribution in [3.05, 3.63) is 65.0 Å². The summed E-state index contributed by atoms with van der Waals surface area (Å²) in [6.07, 6.45) is -0.791. The van der Waals surface area contributed by atoms with Crippen LogP contribution in [0.2, 0.25) is 0 Å². The van der Waals surface area contributed by atoms with E-state index in [9.17, 15) is 9.50 Å². The summed E-state index contributed by atoms with van der Waals surface area (Å²) >= 11 is 1.56. The largest absolute Gasteiger partial charge is 0.389 e. The molecule has 0 heterocycles. The molecule has 1 nitrogen and oxygen atoms in total. The van der Waals surface area contributed by atoms with Crippen molar-refractivity contribution in [2.24, 2.45) is 0 Å². The van der Waals surface area contributed by atoms with Gasteiger partial charge in [-0.2, -0.15) is 0 Å². The second-order valence-corrected chi connectivity index (χ2v) is 5.56. The minimum Gasteiger partial charge on any atom is -0.389 e. The van der Waals surface area contributed by atoms with E-state index in [1.54, 1.807) is 24.8 Å². The summed E-state index contributed by atoms with van der Waals surface area (Å²) in [6, 6.07) is 13.1. The molecule has 1 atom stereocenters. The van der Waals surface area contributed by atoms with Crippen LogP contribution in [-0.4, -0.2) is 5.11 Å². The number of benzene rings is 2. The molecule has 100 valence electrons. The lowest BCUT2D eigenvalue weighted by atomic mass is 10.1. The lowest BCUT2D eigenvalue weighted by Crippen LogP contribution is -1.98. The highest BCUT2D eigenvalue weighted by molar-refractivity contribution is 7.98. The predicted molar refractivity (Wildman–Crippen MR) is 77.8 cm³/mol. The van der Waals surface area contributed by atoms with Gasteiger partial charge in [0.25, 0.3) is 0 Å². The van der Waals surface area contributed by atoms with Crippen LogP contribution in [0, 0.1) is 12.7 Å². The Kier molecular flexibility index (Phi) is 4.61. The number of hydrogen-bond donors (Lipinski definition) is 1. The number of rotatable bonds is 4. The molecule has 0 saturated carbocycles. The van der Waals surface area contributed by atoms with Crippen LogP contribution in [-0.2, 0) is 5.75 Å². The van der Waals surface area contributed by atoms with Gasteiger partial charge in [0.15, 0.2) is 0 Å². The number of hydrogen-bond acceptors (Lipinski definition) is 2. The van der Waals surface area contributed by atoms with Crippen LogP contribution < -0.4 is 0 Å². The predicted octanol–water partition coefficient (Wildman–Crippen LogP) is 4.48. The first kappa shape index (κ1) is 14.1. The van der Waals surface area contributed by atoms with E-state index in [0.29, 0.717) is 5.56 Å². The van der Waals surface area contributed by atoms with E-state index in [4.69, 9.17) is 0 Å². The molecule has 0 fully saturated rings. The quantitative estimate of drug-likeness (QED) is 0.831. The Hall–Kier alpha value is -1.32. The fraction of sp³-hybridized carbons (Fsp3) is 0.250. The van der Waals surface area contributed by atoms with Crippen molar-refractivity contribution in [3.63, 3.8) is 0 Å². The van der Waals surface area contributed by atoms with Crippen LogP contribution in [0.25, 0.3) is 0 Å². The highest BCUT2D eigenvalue weighted by Crippen LogP contribution is 2.32. The molecule has 0 saturated heterocycles. The number of aliphatic hydroxyl groups excluding tert-OH is 1. The zero-order chi connectivity index (χ0) is 13.8. The summed E-state index contributed by atoms with van der Waals surface area (Å²) in [5.41, 5.74) is 2.85. The summed E-state index contributed by atoms with van der Waals surface area (Å²) in [6.45, 7) is 3.66. The average Bonchev–Trinajstić information content (AvgIpc) is 2.37. The Labute approximate surface area is 117 Å². The van der Waals surface area contributed by atoms with Crippen LogP contribution in [0.4, 0.5) is 4.39 Å². The van der Waals surface area contributed by atoms with Crippen molar-refractivity contribution in [2.45, 2.75) is 30.6 Å². The highest BCUT2D eigenvalue weighted by atomic mass is 32.2. The number of aryl methyl sites for hydroxylation is 1. The molecule has 0 spiro atoms.